The highest BCUT2D eigenvalue weighted by atomic mass is 16.3. The van der Waals surface area contributed by atoms with E-state index in [-0.39, 0.29) is 11.7 Å². The molecule has 0 aliphatic carbocycles. The highest BCUT2D eigenvalue weighted by molar-refractivity contribution is 6.03. The molecule has 0 aliphatic heterocycles. The molecule has 2 N–H and O–H groups in total. The van der Waals surface area contributed by atoms with Gasteiger partial charge in [-0.1, -0.05) is 30.3 Å². The molecule has 0 saturated heterocycles. The van der Waals surface area contributed by atoms with Gasteiger partial charge in [0.15, 0.2) is 0 Å². The molecule has 3 aromatic rings. The Labute approximate surface area is 121 Å². The number of carbonyl (C=O) groups excluding carboxylic acids is 1. The van der Waals surface area contributed by atoms with Crippen molar-refractivity contribution in [3.63, 3.8) is 0 Å². The summed E-state index contributed by atoms with van der Waals surface area (Å²) < 4.78 is 0. The first-order valence-electron chi connectivity index (χ1n) is 6.60. The molecule has 1 aromatic heterocycles. The summed E-state index contributed by atoms with van der Waals surface area (Å²) in [6.07, 6.45) is 3.41. The van der Waals surface area contributed by atoms with Gasteiger partial charge >= 0.3 is 0 Å². The van der Waals surface area contributed by atoms with Gasteiger partial charge in [0.25, 0.3) is 5.91 Å². The van der Waals surface area contributed by atoms with Crippen LogP contribution in [0.5, 0.6) is 5.75 Å². The van der Waals surface area contributed by atoms with Crippen molar-refractivity contribution in [2.45, 2.75) is 6.54 Å². The molecule has 21 heavy (non-hydrogen) atoms. The molecule has 0 aliphatic rings. The maximum Gasteiger partial charge on any atom is 0.257 e. The van der Waals surface area contributed by atoms with Crippen LogP contribution in [0.15, 0.2) is 48.8 Å². The molecule has 0 radical (unpaired) electrons. The highest BCUT2D eigenvalue weighted by Gasteiger charge is 2.17. The third-order valence-electron chi connectivity index (χ3n) is 3.45. The minimum absolute atomic E-state index is 0.0251. The third-order valence-corrected chi connectivity index (χ3v) is 3.45. The van der Waals surface area contributed by atoms with Crippen LogP contribution in [0.25, 0.3) is 10.8 Å². The number of benzene rings is 2. The van der Waals surface area contributed by atoms with Crippen LogP contribution in [0, 0.1) is 0 Å². The van der Waals surface area contributed by atoms with Gasteiger partial charge in [-0.3, -0.25) is 9.89 Å². The van der Waals surface area contributed by atoms with E-state index in [1.54, 1.807) is 36.5 Å². The van der Waals surface area contributed by atoms with Gasteiger partial charge in [-0.05, 0) is 11.5 Å². The summed E-state index contributed by atoms with van der Waals surface area (Å²) in [5.74, 6) is -0.198. The van der Waals surface area contributed by atoms with E-state index in [2.05, 4.69) is 10.2 Å². The number of phenols is 1. The fraction of sp³-hybridized carbons (Fsp3) is 0.125. The highest BCUT2D eigenvalue weighted by Crippen LogP contribution is 2.29. The number of fused-ring (bicyclic) bond motifs is 1. The molecule has 0 fully saturated rings. The number of phenolic OH excluding ortho intramolecular Hbond substituents is 1. The fourth-order valence-corrected chi connectivity index (χ4v) is 2.34. The Morgan fingerprint density at radius 1 is 1.29 bits per heavy atom. The quantitative estimate of drug-likeness (QED) is 0.775. The van der Waals surface area contributed by atoms with Gasteiger partial charge in [-0.25, -0.2) is 0 Å². The van der Waals surface area contributed by atoms with E-state index in [1.807, 2.05) is 24.3 Å². The van der Waals surface area contributed by atoms with Crippen molar-refractivity contribution in [3.05, 3.63) is 59.9 Å². The number of amides is 1. The van der Waals surface area contributed by atoms with Crippen molar-refractivity contribution < 1.29 is 9.90 Å². The van der Waals surface area contributed by atoms with Crippen LogP contribution >= 0.6 is 0 Å². The number of carbonyl (C=O) groups is 1. The van der Waals surface area contributed by atoms with E-state index in [1.165, 1.54) is 0 Å². The first-order chi connectivity index (χ1) is 10.2. The molecule has 0 saturated carbocycles. The lowest BCUT2D eigenvalue weighted by atomic mass is 10.0. The molecule has 1 heterocycles. The summed E-state index contributed by atoms with van der Waals surface area (Å²) in [7, 11) is 1.70. The predicted molar refractivity (Wildman–Crippen MR) is 80.0 cm³/mol. The number of nitrogens with zero attached hydrogens (tertiary/aromatic N) is 2. The monoisotopic (exact) mass is 281 g/mol. The lowest BCUT2D eigenvalue weighted by Crippen LogP contribution is -2.26. The summed E-state index contributed by atoms with van der Waals surface area (Å²) in [6.45, 7) is 0.432. The smallest absolute Gasteiger partial charge is 0.257 e. The van der Waals surface area contributed by atoms with Crippen LogP contribution < -0.4 is 0 Å². The molecule has 0 spiro atoms. The largest absolute Gasteiger partial charge is 0.506 e. The standard InChI is InChI=1S/C16H15N3O2/c1-19(10-11-8-17-18-9-11)16(21)14-7-6-12-4-2-3-5-13(12)15(14)20/h2-9,20H,10H2,1H3,(H,17,18). The van der Waals surface area contributed by atoms with Crippen LogP contribution in [0.2, 0.25) is 0 Å². The molecular weight excluding hydrogens is 266 g/mol. The minimum atomic E-state index is -0.223. The Bertz CT molecular complexity index is 781. The maximum absolute atomic E-state index is 12.5. The van der Waals surface area contributed by atoms with E-state index >= 15 is 0 Å². The maximum atomic E-state index is 12.5. The van der Waals surface area contributed by atoms with Crippen LogP contribution in [-0.2, 0) is 6.54 Å². The Morgan fingerprint density at radius 3 is 2.86 bits per heavy atom. The van der Waals surface area contributed by atoms with Crippen molar-refractivity contribution in [1.82, 2.24) is 15.1 Å². The first-order valence-corrected chi connectivity index (χ1v) is 6.60. The van der Waals surface area contributed by atoms with E-state index in [0.29, 0.717) is 17.5 Å². The van der Waals surface area contributed by atoms with E-state index in [9.17, 15) is 9.90 Å². The number of rotatable bonds is 3. The number of aromatic hydroxyl groups is 1. The van der Waals surface area contributed by atoms with Crippen LogP contribution in [0.4, 0.5) is 0 Å². The van der Waals surface area contributed by atoms with E-state index in [4.69, 9.17) is 0 Å². The molecule has 1 amide bonds. The fourth-order valence-electron chi connectivity index (χ4n) is 2.34. The van der Waals surface area contributed by atoms with Gasteiger partial charge < -0.3 is 10.0 Å². The number of hydrogen-bond acceptors (Lipinski definition) is 3. The number of aromatic amines is 1. The zero-order chi connectivity index (χ0) is 14.8. The average Bonchev–Trinajstić information content (AvgIpc) is 3.00. The number of H-pyrrole nitrogens is 1. The molecule has 0 bridgehead atoms. The number of hydrogen-bond donors (Lipinski definition) is 2. The van der Waals surface area contributed by atoms with E-state index in [0.717, 1.165) is 10.9 Å². The summed E-state index contributed by atoms with van der Waals surface area (Å²) in [4.78, 5) is 14.0. The molecule has 0 atom stereocenters. The van der Waals surface area contributed by atoms with Crippen molar-refractivity contribution in [2.24, 2.45) is 0 Å². The third kappa shape index (κ3) is 2.45. The van der Waals surface area contributed by atoms with Crippen molar-refractivity contribution in [3.8, 4) is 5.75 Å². The summed E-state index contributed by atoms with van der Waals surface area (Å²) in [5, 5.41) is 18.5. The summed E-state index contributed by atoms with van der Waals surface area (Å²) in [6, 6.07) is 10.9. The van der Waals surface area contributed by atoms with Crippen molar-refractivity contribution >= 4 is 16.7 Å². The Morgan fingerprint density at radius 2 is 2.10 bits per heavy atom. The average molecular weight is 281 g/mol. The second-order valence-electron chi connectivity index (χ2n) is 4.95. The lowest BCUT2D eigenvalue weighted by molar-refractivity contribution is 0.0782. The van der Waals surface area contributed by atoms with Gasteiger partial charge in [0.1, 0.15) is 5.75 Å². The summed E-state index contributed by atoms with van der Waals surface area (Å²) >= 11 is 0. The van der Waals surface area contributed by atoms with Gasteiger partial charge in [-0.2, -0.15) is 5.10 Å². The van der Waals surface area contributed by atoms with E-state index < -0.39 is 0 Å². The summed E-state index contributed by atoms with van der Waals surface area (Å²) in [5.41, 5.74) is 1.21. The lowest BCUT2D eigenvalue weighted by Gasteiger charge is -2.17. The second-order valence-corrected chi connectivity index (χ2v) is 4.95. The minimum Gasteiger partial charge on any atom is -0.506 e. The molecule has 3 rings (SSSR count). The van der Waals surface area contributed by atoms with Crippen LogP contribution in [0.3, 0.4) is 0 Å². The first kappa shape index (κ1) is 13.2. The zero-order valence-corrected chi connectivity index (χ0v) is 11.6. The van der Waals surface area contributed by atoms with Gasteiger partial charge in [0.2, 0.25) is 0 Å². The Balaban J connectivity index is 1.92. The van der Waals surface area contributed by atoms with Crippen molar-refractivity contribution in [1.29, 1.82) is 0 Å². The van der Waals surface area contributed by atoms with Gasteiger partial charge in [-0.15, -0.1) is 0 Å². The SMILES string of the molecule is CN(Cc1cn[nH]c1)C(=O)c1ccc2ccccc2c1O. The molecular formula is C16H15N3O2. The molecule has 5 heteroatoms. The van der Waals surface area contributed by atoms with Crippen LogP contribution in [0.1, 0.15) is 15.9 Å². The van der Waals surface area contributed by atoms with Crippen molar-refractivity contribution in [2.75, 3.05) is 7.05 Å². The van der Waals surface area contributed by atoms with Gasteiger partial charge in [0.05, 0.1) is 11.8 Å². The Kier molecular flexibility index (Phi) is 3.31. The van der Waals surface area contributed by atoms with Crippen LogP contribution in [-0.4, -0.2) is 33.2 Å². The number of aromatic nitrogens is 2. The zero-order valence-electron chi connectivity index (χ0n) is 11.6. The van der Waals surface area contributed by atoms with Gasteiger partial charge in [0, 0.05) is 30.7 Å². The molecule has 2 aromatic carbocycles. The Hall–Kier alpha value is -2.82. The molecule has 106 valence electrons. The molecule has 0 unspecified atom stereocenters. The second kappa shape index (κ2) is 5.28. The number of nitrogens with one attached hydrogen (secondary N) is 1. The molecule has 5 nitrogen and oxygen atoms in total. The normalized spacial score (nSPS) is 10.7. The topological polar surface area (TPSA) is 69.2 Å². The predicted octanol–water partition coefficient (Wildman–Crippen LogP) is 2.54.